The molecule has 0 saturated carbocycles. The molecule has 1 amide bonds. The Bertz CT molecular complexity index is 660. The van der Waals surface area contributed by atoms with Gasteiger partial charge in [-0.15, -0.1) is 6.58 Å². The molecule has 1 saturated heterocycles. The molecule has 2 aromatic carbocycles. The van der Waals surface area contributed by atoms with Crippen molar-refractivity contribution in [2.24, 2.45) is 5.92 Å². The minimum absolute atomic E-state index is 0.0395. The van der Waals surface area contributed by atoms with Crippen molar-refractivity contribution in [1.29, 1.82) is 0 Å². The summed E-state index contributed by atoms with van der Waals surface area (Å²) in [6.07, 6.45) is 5.88. The van der Waals surface area contributed by atoms with Crippen LogP contribution in [0, 0.1) is 5.92 Å². The molecular weight excluding hydrogens is 258 g/mol. The Morgan fingerprint density at radius 2 is 1.57 bits per heavy atom. The number of hydrogen-bond acceptors (Lipinski definition) is 1. The lowest BCUT2D eigenvalue weighted by Gasteiger charge is -2.44. The number of β-lactam (4-membered cyclic amide) rings is 1. The molecule has 1 aliphatic heterocycles. The van der Waals surface area contributed by atoms with Crippen LogP contribution in [0.15, 0.2) is 79.4 Å². The molecule has 1 fully saturated rings. The molecule has 21 heavy (non-hydrogen) atoms. The van der Waals surface area contributed by atoms with Crippen molar-refractivity contribution in [2.75, 3.05) is 4.90 Å². The second-order valence-electron chi connectivity index (χ2n) is 5.07. The summed E-state index contributed by atoms with van der Waals surface area (Å²) in [5, 5.41) is 0. The average Bonchev–Trinajstić information content (AvgIpc) is 2.53. The second-order valence-corrected chi connectivity index (χ2v) is 5.07. The summed E-state index contributed by atoms with van der Waals surface area (Å²) in [6.45, 7) is 3.79. The number of amides is 1. The third-order valence-corrected chi connectivity index (χ3v) is 3.76. The van der Waals surface area contributed by atoms with Crippen molar-refractivity contribution in [3.8, 4) is 0 Å². The largest absolute Gasteiger partial charge is 0.304 e. The molecule has 0 bridgehead atoms. The number of carbonyl (C=O) groups is 1. The molecule has 2 heteroatoms. The van der Waals surface area contributed by atoms with Crippen molar-refractivity contribution in [3.05, 3.63) is 85.0 Å². The van der Waals surface area contributed by atoms with Crippen LogP contribution >= 0.6 is 0 Å². The molecule has 2 nitrogen and oxygen atoms in total. The maximum Gasteiger partial charge on any atom is 0.236 e. The molecule has 0 radical (unpaired) electrons. The first-order valence-corrected chi connectivity index (χ1v) is 7.05. The van der Waals surface area contributed by atoms with Crippen LogP contribution in [0.1, 0.15) is 5.56 Å². The highest BCUT2D eigenvalue weighted by atomic mass is 16.2. The molecule has 0 N–H and O–H groups in total. The smallest absolute Gasteiger partial charge is 0.236 e. The van der Waals surface area contributed by atoms with E-state index in [4.69, 9.17) is 0 Å². The number of benzene rings is 2. The summed E-state index contributed by atoms with van der Waals surface area (Å²) < 4.78 is 0. The molecular formula is C19H17NO. The standard InChI is InChI=1S/C19H17NO/c1-2-17-18(14-13-15-9-5-3-6-10-15)20(19(17)21)16-11-7-4-8-12-16/h2-14,17-18H,1H2/b14-13+/t17-,18-/m1/s1. The summed E-state index contributed by atoms with van der Waals surface area (Å²) in [6, 6.07) is 19.9. The van der Waals surface area contributed by atoms with Crippen molar-refractivity contribution in [2.45, 2.75) is 6.04 Å². The minimum atomic E-state index is -0.134. The van der Waals surface area contributed by atoms with E-state index in [0.29, 0.717) is 0 Å². The van der Waals surface area contributed by atoms with Gasteiger partial charge in [-0.2, -0.15) is 0 Å². The van der Waals surface area contributed by atoms with Crippen LogP contribution in [0.25, 0.3) is 6.08 Å². The monoisotopic (exact) mass is 275 g/mol. The third-order valence-electron chi connectivity index (χ3n) is 3.76. The van der Waals surface area contributed by atoms with Crippen LogP contribution in [-0.2, 0) is 4.79 Å². The van der Waals surface area contributed by atoms with Crippen LogP contribution in [-0.4, -0.2) is 11.9 Å². The van der Waals surface area contributed by atoms with E-state index >= 15 is 0 Å². The van der Waals surface area contributed by atoms with E-state index in [2.05, 4.69) is 18.7 Å². The van der Waals surface area contributed by atoms with Gasteiger partial charge in [0.25, 0.3) is 0 Å². The Hall–Kier alpha value is -2.61. The molecule has 2 atom stereocenters. The van der Waals surface area contributed by atoms with E-state index in [-0.39, 0.29) is 17.9 Å². The number of carbonyl (C=O) groups excluding carboxylic acids is 1. The third kappa shape index (κ3) is 2.52. The lowest BCUT2D eigenvalue weighted by molar-refractivity contribution is -0.126. The van der Waals surface area contributed by atoms with Gasteiger partial charge in [-0.3, -0.25) is 4.79 Å². The highest BCUT2D eigenvalue weighted by molar-refractivity contribution is 6.05. The molecule has 1 heterocycles. The predicted octanol–water partition coefficient (Wildman–Crippen LogP) is 3.92. The van der Waals surface area contributed by atoms with E-state index in [1.54, 1.807) is 6.08 Å². The lowest BCUT2D eigenvalue weighted by Crippen LogP contribution is -2.59. The van der Waals surface area contributed by atoms with Crippen LogP contribution in [0.2, 0.25) is 0 Å². The Morgan fingerprint density at radius 3 is 2.19 bits per heavy atom. The quantitative estimate of drug-likeness (QED) is 0.612. The SMILES string of the molecule is C=C[C@H]1C(=O)N(c2ccccc2)[C@@H]1/C=C/c1ccccc1. The topological polar surface area (TPSA) is 20.3 Å². The van der Waals surface area contributed by atoms with E-state index in [1.807, 2.05) is 65.6 Å². The van der Waals surface area contributed by atoms with E-state index < -0.39 is 0 Å². The Kier molecular flexibility index (Phi) is 3.69. The van der Waals surface area contributed by atoms with Crippen LogP contribution < -0.4 is 4.90 Å². The van der Waals surface area contributed by atoms with Gasteiger partial charge in [0.2, 0.25) is 5.91 Å². The van der Waals surface area contributed by atoms with E-state index in [1.165, 1.54) is 0 Å². The number of para-hydroxylation sites is 1. The van der Waals surface area contributed by atoms with Gasteiger partial charge in [-0.25, -0.2) is 0 Å². The Morgan fingerprint density at radius 1 is 0.952 bits per heavy atom. The molecule has 1 aliphatic rings. The summed E-state index contributed by atoms with van der Waals surface area (Å²) >= 11 is 0. The number of hydrogen-bond donors (Lipinski definition) is 0. The van der Waals surface area contributed by atoms with Gasteiger partial charge in [-0.05, 0) is 17.7 Å². The van der Waals surface area contributed by atoms with Crippen molar-refractivity contribution in [3.63, 3.8) is 0 Å². The molecule has 0 aromatic heterocycles. The number of nitrogens with zero attached hydrogens (tertiary/aromatic N) is 1. The molecule has 0 unspecified atom stereocenters. The molecule has 3 rings (SSSR count). The van der Waals surface area contributed by atoms with E-state index in [9.17, 15) is 4.79 Å². The first kappa shape index (κ1) is 13.4. The van der Waals surface area contributed by atoms with Gasteiger partial charge >= 0.3 is 0 Å². The maximum absolute atomic E-state index is 12.2. The van der Waals surface area contributed by atoms with Gasteiger partial charge in [0, 0.05) is 5.69 Å². The van der Waals surface area contributed by atoms with Crippen LogP contribution in [0.5, 0.6) is 0 Å². The number of rotatable bonds is 4. The van der Waals surface area contributed by atoms with Gasteiger partial charge in [0.1, 0.15) is 0 Å². The Balaban J connectivity index is 1.85. The minimum Gasteiger partial charge on any atom is -0.304 e. The summed E-state index contributed by atoms with van der Waals surface area (Å²) in [5.74, 6) is -0.0240. The molecule has 2 aromatic rings. The summed E-state index contributed by atoms with van der Waals surface area (Å²) in [7, 11) is 0. The molecule has 0 aliphatic carbocycles. The van der Waals surface area contributed by atoms with Crippen molar-refractivity contribution >= 4 is 17.7 Å². The fourth-order valence-corrected chi connectivity index (χ4v) is 2.64. The van der Waals surface area contributed by atoms with Crippen molar-refractivity contribution < 1.29 is 4.79 Å². The zero-order chi connectivity index (χ0) is 14.7. The summed E-state index contributed by atoms with van der Waals surface area (Å²) in [5.41, 5.74) is 2.07. The lowest BCUT2D eigenvalue weighted by atomic mass is 9.86. The highest BCUT2D eigenvalue weighted by Crippen LogP contribution is 2.34. The van der Waals surface area contributed by atoms with Gasteiger partial charge in [0.05, 0.1) is 12.0 Å². The fourth-order valence-electron chi connectivity index (χ4n) is 2.64. The first-order chi connectivity index (χ1) is 10.3. The fraction of sp³-hybridized carbons (Fsp3) is 0.105. The van der Waals surface area contributed by atoms with Crippen LogP contribution in [0.4, 0.5) is 5.69 Å². The van der Waals surface area contributed by atoms with Crippen molar-refractivity contribution in [1.82, 2.24) is 0 Å². The van der Waals surface area contributed by atoms with Gasteiger partial charge in [-0.1, -0.05) is 66.8 Å². The van der Waals surface area contributed by atoms with E-state index in [0.717, 1.165) is 11.3 Å². The average molecular weight is 275 g/mol. The van der Waals surface area contributed by atoms with Crippen LogP contribution in [0.3, 0.4) is 0 Å². The predicted molar refractivity (Wildman–Crippen MR) is 86.9 cm³/mol. The normalized spacial score (nSPS) is 21.3. The zero-order valence-electron chi connectivity index (χ0n) is 11.7. The zero-order valence-corrected chi connectivity index (χ0v) is 11.7. The maximum atomic E-state index is 12.2. The first-order valence-electron chi connectivity index (χ1n) is 7.05. The Labute approximate surface area is 125 Å². The molecule has 0 spiro atoms. The molecule has 104 valence electrons. The summed E-state index contributed by atoms with van der Waals surface area (Å²) in [4.78, 5) is 14.1. The second kappa shape index (κ2) is 5.80. The van der Waals surface area contributed by atoms with Gasteiger partial charge in [0.15, 0.2) is 0 Å². The number of anilines is 1. The van der Waals surface area contributed by atoms with Gasteiger partial charge < -0.3 is 4.90 Å². The highest BCUT2D eigenvalue weighted by Gasteiger charge is 2.44.